The molecule has 174 valence electrons. The Hall–Kier alpha value is -3.58. The summed E-state index contributed by atoms with van der Waals surface area (Å²) >= 11 is 0. The Balaban J connectivity index is 1.38. The number of benzene rings is 2. The summed E-state index contributed by atoms with van der Waals surface area (Å²) in [5.74, 6) is 0.455. The molecule has 0 unspecified atom stereocenters. The molecule has 2 bridgehead atoms. The van der Waals surface area contributed by atoms with Crippen molar-refractivity contribution in [3.63, 3.8) is 0 Å². The molecule has 2 aromatic rings. The predicted molar refractivity (Wildman–Crippen MR) is 129 cm³/mol. The molecule has 7 heteroatoms. The van der Waals surface area contributed by atoms with Crippen molar-refractivity contribution >= 4 is 17.6 Å². The largest absolute Gasteiger partial charge is 0.504 e. The van der Waals surface area contributed by atoms with Crippen LogP contribution in [0.4, 0.5) is 0 Å². The number of phenols is 1. The van der Waals surface area contributed by atoms with E-state index in [1.54, 1.807) is 18.2 Å². The van der Waals surface area contributed by atoms with Gasteiger partial charge in [0.2, 0.25) is 0 Å². The van der Waals surface area contributed by atoms with Gasteiger partial charge in [0, 0.05) is 29.9 Å². The molecule has 0 aromatic heterocycles. The molecule has 2 aliphatic heterocycles. The molecule has 3 N–H and O–H groups in total. The van der Waals surface area contributed by atoms with E-state index in [1.165, 1.54) is 0 Å². The predicted octanol–water partition coefficient (Wildman–Crippen LogP) is 2.99. The van der Waals surface area contributed by atoms with E-state index in [2.05, 4.69) is 22.0 Å². The molecule has 0 amide bonds. The van der Waals surface area contributed by atoms with Gasteiger partial charge in [-0.25, -0.2) is 0 Å². The van der Waals surface area contributed by atoms with Gasteiger partial charge in [0.15, 0.2) is 23.4 Å². The fourth-order valence-corrected chi connectivity index (χ4v) is 6.35. The number of aromatic hydroxyl groups is 1. The van der Waals surface area contributed by atoms with Crippen molar-refractivity contribution in [2.75, 3.05) is 19.6 Å². The SMILES string of the molecule is C=CCN1CC[C@]23c4c5ccc(O)c4O[C@H]2/C(=N/NCC(=O)c2ccccc2)CC[C@@]3(O)C1=C5. The van der Waals surface area contributed by atoms with Gasteiger partial charge in [0.05, 0.1) is 17.7 Å². The first-order valence-electron chi connectivity index (χ1n) is 11.7. The van der Waals surface area contributed by atoms with Crippen molar-refractivity contribution in [1.29, 1.82) is 0 Å². The van der Waals surface area contributed by atoms with E-state index < -0.39 is 17.1 Å². The summed E-state index contributed by atoms with van der Waals surface area (Å²) in [5.41, 5.74) is 5.16. The smallest absolute Gasteiger partial charge is 0.183 e. The summed E-state index contributed by atoms with van der Waals surface area (Å²) in [6.45, 7) is 5.34. The summed E-state index contributed by atoms with van der Waals surface area (Å²) in [6, 6.07) is 12.6. The quantitative estimate of drug-likeness (QED) is 0.351. The number of hydrogen-bond donors (Lipinski definition) is 3. The van der Waals surface area contributed by atoms with E-state index in [4.69, 9.17) is 4.74 Å². The zero-order chi connectivity index (χ0) is 23.5. The topological polar surface area (TPSA) is 94.4 Å². The van der Waals surface area contributed by atoms with Gasteiger partial charge in [-0.05, 0) is 37.0 Å². The van der Waals surface area contributed by atoms with E-state index in [0.29, 0.717) is 37.1 Å². The molecule has 1 saturated heterocycles. The number of carbonyl (C=O) groups excluding carboxylic acids is 1. The van der Waals surface area contributed by atoms with Gasteiger partial charge in [-0.1, -0.05) is 42.5 Å². The van der Waals surface area contributed by atoms with Crippen molar-refractivity contribution in [2.45, 2.75) is 36.4 Å². The monoisotopic (exact) mass is 457 g/mol. The number of hydrazone groups is 1. The fraction of sp³-hybridized carbons (Fsp3) is 0.333. The average Bonchev–Trinajstić information content (AvgIpc) is 3.20. The lowest BCUT2D eigenvalue weighted by atomic mass is 9.51. The Morgan fingerprint density at radius 1 is 1.26 bits per heavy atom. The molecule has 1 saturated carbocycles. The molecule has 7 nitrogen and oxygen atoms in total. The minimum absolute atomic E-state index is 0.0494. The number of Topliss-reactive ketones (excluding diaryl/α,β-unsaturated/α-hetero) is 1. The number of carbonyl (C=O) groups is 1. The molecule has 1 spiro atoms. The maximum atomic E-state index is 12.5. The van der Waals surface area contributed by atoms with Gasteiger partial charge >= 0.3 is 0 Å². The Morgan fingerprint density at radius 3 is 2.88 bits per heavy atom. The molecule has 2 aromatic carbocycles. The Bertz CT molecular complexity index is 1250. The highest BCUT2D eigenvalue weighted by atomic mass is 16.5. The number of nitrogens with one attached hydrogen (secondary N) is 1. The van der Waals surface area contributed by atoms with Crippen LogP contribution in [-0.2, 0) is 5.41 Å². The summed E-state index contributed by atoms with van der Waals surface area (Å²) in [5, 5.41) is 27.5. The molecular weight excluding hydrogens is 430 g/mol. The van der Waals surface area contributed by atoms with E-state index in [0.717, 1.165) is 29.1 Å². The maximum absolute atomic E-state index is 12.5. The van der Waals surface area contributed by atoms with Crippen LogP contribution in [0.15, 0.2) is 65.9 Å². The number of hydrogen-bond acceptors (Lipinski definition) is 7. The average molecular weight is 458 g/mol. The number of ether oxygens (including phenoxy) is 1. The van der Waals surface area contributed by atoms with E-state index >= 15 is 0 Å². The first kappa shape index (κ1) is 21.0. The van der Waals surface area contributed by atoms with E-state index in [9.17, 15) is 15.0 Å². The Labute approximate surface area is 198 Å². The van der Waals surface area contributed by atoms with Crippen molar-refractivity contribution in [3.8, 4) is 11.5 Å². The van der Waals surface area contributed by atoms with Crippen LogP contribution < -0.4 is 10.2 Å². The van der Waals surface area contributed by atoms with Crippen LogP contribution in [0, 0.1) is 0 Å². The van der Waals surface area contributed by atoms with Crippen molar-refractivity contribution in [1.82, 2.24) is 10.3 Å². The highest BCUT2D eigenvalue weighted by Gasteiger charge is 2.70. The van der Waals surface area contributed by atoms with Crippen LogP contribution in [0.3, 0.4) is 0 Å². The lowest BCUT2D eigenvalue weighted by Gasteiger charge is -2.59. The molecule has 2 heterocycles. The van der Waals surface area contributed by atoms with Crippen LogP contribution >= 0.6 is 0 Å². The Kier molecular flexibility index (Phi) is 4.61. The number of phenolic OH excluding ortho intramolecular Hbond substituents is 1. The highest BCUT2D eigenvalue weighted by molar-refractivity contribution is 5.98. The minimum atomic E-state index is -1.14. The lowest BCUT2D eigenvalue weighted by Crippen LogP contribution is -2.70. The first-order chi connectivity index (χ1) is 16.5. The number of piperidine rings is 1. The molecule has 3 atom stereocenters. The van der Waals surface area contributed by atoms with Gasteiger partial charge in [-0.3, -0.25) is 4.79 Å². The van der Waals surface area contributed by atoms with Crippen molar-refractivity contribution in [3.05, 3.63) is 77.5 Å². The van der Waals surface area contributed by atoms with Crippen LogP contribution in [0.25, 0.3) is 6.08 Å². The van der Waals surface area contributed by atoms with Gasteiger partial charge < -0.3 is 25.3 Å². The number of rotatable bonds is 6. The summed E-state index contributed by atoms with van der Waals surface area (Å²) < 4.78 is 6.39. The highest BCUT2D eigenvalue weighted by Crippen LogP contribution is 2.65. The van der Waals surface area contributed by atoms with Crippen molar-refractivity contribution < 1.29 is 19.7 Å². The molecule has 2 fully saturated rings. The Morgan fingerprint density at radius 2 is 2.09 bits per heavy atom. The van der Waals surface area contributed by atoms with Crippen LogP contribution in [0.5, 0.6) is 11.5 Å². The number of ketones is 1. The summed E-state index contributed by atoms with van der Waals surface area (Å²) in [7, 11) is 0. The molecule has 34 heavy (non-hydrogen) atoms. The van der Waals surface area contributed by atoms with Gasteiger partial charge in [-0.2, -0.15) is 5.10 Å². The summed E-state index contributed by atoms with van der Waals surface area (Å²) in [6.07, 6.45) is 5.01. The molecule has 0 radical (unpaired) electrons. The third kappa shape index (κ3) is 2.67. The van der Waals surface area contributed by atoms with Crippen molar-refractivity contribution in [2.24, 2.45) is 5.10 Å². The third-order valence-corrected chi connectivity index (χ3v) is 7.82. The van der Waals surface area contributed by atoms with Gasteiger partial charge in [0.1, 0.15) is 5.60 Å². The zero-order valence-corrected chi connectivity index (χ0v) is 18.8. The molecular formula is C27H27N3O4. The second-order valence-electron chi connectivity index (χ2n) is 9.45. The van der Waals surface area contributed by atoms with Gasteiger partial charge in [0.25, 0.3) is 0 Å². The molecule has 4 aliphatic rings. The van der Waals surface area contributed by atoms with Crippen LogP contribution in [0.2, 0.25) is 0 Å². The summed E-state index contributed by atoms with van der Waals surface area (Å²) in [4.78, 5) is 14.7. The number of nitrogens with zero attached hydrogens (tertiary/aromatic N) is 2. The van der Waals surface area contributed by atoms with Gasteiger partial charge in [-0.15, -0.1) is 6.58 Å². The van der Waals surface area contributed by atoms with Crippen LogP contribution in [-0.4, -0.2) is 57.9 Å². The standard InChI is InChI=1S/C27H27N3O4/c1-2-13-30-14-12-26-23-18-8-9-20(31)24(23)34-25(26)19(10-11-27(26,33)22(30)15-18)29-28-16-21(32)17-6-4-3-5-7-17/h2-9,15,25,28,31,33H,1,10-14,16H2/b29-19+/t25-,26-,27+/m0/s1. The molecule has 6 rings (SSSR count). The zero-order valence-electron chi connectivity index (χ0n) is 18.8. The van der Waals surface area contributed by atoms with Crippen LogP contribution in [0.1, 0.15) is 40.7 Å². The second-order valence-corrected chi connectivity index (χ2v) is 9.45. The maximum Gasteiger partial charge on any atom is 0.183 e. The third-order valence-electron chi connectivity index (χ3n) is 7.82. The minimum Gasteiger partial charge on any atom is -0.504 e. The molecule has 2 aliphatic carbocycles. The van der Waals surface area contributed by atoms with E-state index in [-0.39, 0.29) is 18.1 Å². The fourth-order valence-electron chi connectivity index (χ4n) is 6.35. The second kappa shape index (κ2) is 7.46. The first-order valence-corrected chi connectivity index (χ1v) is 11.7. The normalized spacial score (nSPS) is 29.2. The van der Waals surface area contributed by atoms with E-state index in [1.807, 2.05) is 36.4 Å². The number of likely N-dealkylation sites (tertiary alicyclic amines) is 1. The lowest BCUT2D eigenvalue weighted by molar-refractivity contribution is -0.0890. The number of aliphatic hydroxyl groups is 1.